The Labute approximate surface area is 73.0 Å². The van der Waals surface area contributed by atoms with Crippen LogP contribution < -0.4 is 0 Å². The van der Waals surface area contributed by atoms with E-state index in [0.717, 1.165) is 12.8 Å². The summed E-state index contributed by atoms with van der Waals surface area (Å²) in [4.78, 5) is 0. The lowest BCUT2D eigenvalue weighted by molar-refractivity contribution is 0.255. The summed E-state index contributed by atoms with van der Waals surface area (Å²) in [6, 6.07) is 8.51. The van der Waals surface area contributed by atoms with Crippen molar-refractivity contribution >= 4 is 0 Å². The van der Waals surface area contributed by atoms with Gasteiger partial charge in [-0.2, -0.15) is 0 Å². The Kier molecular flexibility index (Phi) is 1.69. The van der Waals surface area contributed by atoms with E-state index in [1.807, 2.05) is 0 Å². The minimum Gasteiger partial charge on any atom is -0.395 e. The molecular weight excluding hydrogens is 148 g/mol. The van der Waals surface area contributed by atoms with Gasteiger partial charge in [0.25, 0.3) is 0 Å². The molecule has 1 nitrogen and oxygen atoms in total. The molecule has 0 radical (unpaired) electrons. The second-order valence-electron chi connectivity index (χ2n) is 3.80. The van der Waals surface area contributed by atoms with Crippen LogP contribution in [0.25, 0.3) is 0 Å². The Bertz CT molecular complexity index is 270. The summed E-state index contributed by atoms with van der Waals surface area (Å²) in [5.41, 5.74) is 2.72. The number of aliphatic hydroxyl groups excluding tert-OH is 1. The first-order valence-electron chi connectivity index (χ1n) is 4.45. The summed E-state index contributed by atoms with van der Waals surface area (Å²) in [6.45, 7) is 2.39. The van der Waals surface area contributed by atoms with E-state index in [2.05, 4.69) is 31.2 Å². The molecule has 1 aliphatic carbocycles. The number of aliphatic hydroxyl groups is 1. The molecule has 1 aromatic carbocycles. The fourth-order valence-corrected chi connectivity index (χ4v) is 1.60. The quantitative estimate of drug-likeness (QED) is 0.705. The van der Waals surface area contributed by atoms with Crippen molar-refractivity contribution in [2.45, 2.75) is 25.2 Å². The highest BCUT2D eigenvalue weighted by molar-refractivity contribution is 5.33. The lowest BCUT2D eigenvalue weighted by Crippen LogP contribution is -2.11. The van der Waals surface area contributed by atoms with Gasteiger partial charge in [-0.05, 0) is 25.3 Å². The number of benzene rings is 1. The van der Waals surface area contributed by atoms with Crippen molar-refractivity contribution in [2.75, 3.05) is 6.61 Å². The van der Waals surface area contributed by atoms with Crippen molar-refractivity contribution in [2.24, 2.45) is 0 Å². The second-order valence-corrected chi connectivity index (χ2v) is 3.80. The van der Waals surface area contributed by atoms with Gasteiger partial charge in [-0.3, -0.25) is 0 Å². The summed E-state index contributed by atoms with van der Waals surface area (Å²) in [7, 11) is 0. The molecule has 0 aromatic heterocycles. The molecule has 1 aromatic rings. The zero-order valence-corrected chi connectivity index (χ0v) is 7.38. The molecule has 1 fully saturated rings. The average molecular weight is 162 g/mol. The highest BCUT2D eigenvalue weighted by Crippen LogP contribution is 2.47. The zero-order valence-electron chi connectivity index (χ0n) is 7.38. The van der Waals surface area contributed by atoms with E-state index in [4.69, 9.17) is 0 Å². The van der Waals surface area contributed by atoms with E-state index in [9.17, 15) is 5.11 Å². The predicted octanol–water partition coefficient (Wildman–Crippen LogP) is 2.02. The van der Waals surface area contributed by atoms with Crippen LogP contribution in [0.1, 0.15) is 24.0 Å². The maximum atomic E-state index is 9.18. The molecule has 64 valence electrons. The van der Waals surface area contributed by atoms with E-state index in [0.29, 0.717) is 6.61 Å². The Morgan fingerprint density at radius 2 is 1.83 bits per heavy atom. The van der Waals surface area contributed by atoms with E-state index < -0.39 is 0 Å². The molecule has 0 aliphatic heterocycles. The summed E-state index contributed by atoms with van der Waals surface area (Å²) in [5.74, 6) is 0. The van der Waals surface area contributed by atoms with Crippen LogP contribution in [0.15, 0.2) is 24.3 Å². The summed E-state index contributed by atoms with van der Waals surface area (Å²) < 4.78 is 0. The topological polar surface area (TPSA) is 20.2 Å². The van der Waals surface area contributed by atoms with E-state index in [1.165, 1.54) is 11.1 Å². The van der Waals surface area contributed by atoms with Crippen LogP contribution in [0.5, 0.6) is 0 Å². The molecule has 0 spiro atoms. The summed E-state index contributed by atoms with van der Waals surface area (Å²) in [5, 5.41) is 9.18. The molecule has 0 amide bonds. The highest BCUT2D eigenvalue weighted by atomic mass is 16.3. The Balaban J connectivity index is 2.29. The predicted molar refractivity (Wildman–Crippen MR) is 49.2 cm³/mol. The molecule has 0 bridgehead atoms. The van der Waals surface area contributed by atoms with Crippen LogP contribution in [-0.2, 0) is 5.41 Å². The maximum absolute atomic E-state index is 9.18. The molecule has 0 saturated heterocycles. The largest absolute Gasteiger partial charge is 0.395 e. The van der Waals surface area contributed by atoms with Crippen LogP contribution in [0.2, 0.25) is 0 Å². The van der Waals surface area contributed by atoms with Gasteiger partial charge >= 0.3 is 0 Å². The summed E-state index contributed by atoms with van der Waals surface area (Å²) in [6.07, 6.45) is 2.29. The van der Waals surface area contributed by atoms with E-state index in [1.54, 1.807) is 0 Å². The molecule has 0 heterocycles. The van der Waals surface area contributed by atoms with Gasteiger partial charge in [0.15, 0.2) is 0 Å². The van der Waals surface area contributed by atoms with Gasteiger partial charge in [0.1, 0.15) is 0 Å². The third-order valence-corrected chi connectivity index (χ3v) is 2.82. The average Bonchev–Trinajstić information content (AvgIpc) is 2.86. The second kappa shape index (κ2) is 2.60. The Morgan fingerprint density at radius 1 is 1.25 bits per heavy atom. The van der Waals surface area contributed by atoms with Gasteiger partial charge in [-0.1, -0.05) is 29.8 Å². The van der Waals surface area contributed by atoms with Crippen LogP contribution >= 0.6 is 0 Å². The van der Waals surface area contributed by atoms with Crippen molar-refractivity contribution in [3.8, 4) is 0 Å². The van der Waals surface area contributed by atoms with Crippen LogP contribution in [0.3, 0.4) is 0 Å². The molecule has 1 N–H and O–H groups in total. The lowest BCUT2D eigenvalue weighted by atomic mass is 9.96. The number of rotatable bonds is 2. The molecular formula is C11H14O. The van der Waals surface area contributed by atoms with Crippen LogP contribution in [0.4, 0.5) is 0 Å². The minimum atomic E-state index is 0.133. The first kappa shape index (κ1) is 7.81. The molecule has 12 heavy (non-hydrogen) atoms. The Hall–Kier alpha value is -0.820. The van der Waals surface area contributed by atoms with Crippen LogP contribution in [0, 0.1) is 6.92 Å². The zero-order chi connectivity index (χ0) is 8.60. The maximum Gasteiger partial charge on any atom is 0.0527 e. The molecule has 1 heteroatoms. The molecule has 0 atom stereocenters. The third-order valence-electron chi connectivity index (χ3n) is 2.82. The smallest absolute Gasteiger partial charge is 0.0527 e. The normalized spacial score (nSPS) is 19.2. The van der Waals surface area contributed by atoms with Gasteiger partial charge in [0, 0.05) is 5.41 Å². The van der Waals surface area contributed by atoms with Crippen molar-refractivity contribution in [3.63, 3.8) is 0 Å². The van der Waals surface area contributed by atoms with Crippen LogP contribution in [-0.4, -0.2) is 11.7 Å². The van der Waals surface area contributed by atoms with Crippen molar-refractivity contribution in [3.05, 3.63) is 35.4 Å². The van der Waals surface area contributed by atoms with Gasteiger partial charge in [-0.15, -0.1) is 0 Å². The summed E-state index contributed by atoms with van der Waals surface area (Å²) >= 11 is 0. The van der Waals surface area contributed by atoms with Crippen molar-refractivity contribution in [1.82, 2.24) is 0 Å². The standard InChI is InChI=1S/C11H14O/c1-9-2-4-10(5-3-9)11(8-12)6-7-11/h2-5,12H,6-8H2,1H3. The fraction of sp³-hybridized carbons (Fsp3) is 0.455. The lowest BCUT2D eigenvalue weighted by Gasteiger charge is -2.11. The minimum absolute atomic E-state index is 0.133. The molecule has 0 unspecified atom stereocenters. The monoisotopic (exact) mass is 162 g/mol. The Morgan fingerprint density at radius 3 is 2.25 bits per heavy atom. The first-order chi connectivity index (χ1) is 5.77. The number of aryl methyl sites for hydroxylation is 1. The van der Waals surface area contributed by atoms with Gasteiger partial charge in [0.2, 0.25) is 0 Å². The molecule has 2 rings (SSSR count). The van der Waals surface area contributed by atoms with Crippen molar-refractivity contribution in [1.29, 1.82) is 0 Å². The van der Waals surface area contributed by atoms with Crippen molar-refractivity contribution < 1.29 is 5.11 Å². The molecule has 1 saturated carbocycles. The van der Waals surface area contributed by atoms with Gasteiger partial charge < -0.3 is 5.11 Å². The number of hydrogen-bond donors (Lipinski definition) is 1. The first-order valence-corrected chi connectivity index (χ1v) is 4.45. The number of hydrogen-bond acceptors (Lipinski definition) is 1. The van der Waals surface area contributed by atoms with E-state index >= 15 is 0 Å². The van der Waals surface area contributed by atoms with Gasteiger partial charge in [-0.25, -0.2) is 0 Å². The highest BCUT2D eigenvalue weighted by Gasteiger charge is 2.43. The fourth-order valence-electron chi connectivity index (χ4n) is 1.60. The van der Waals surface area contributed by atoms with Gasteiger partial charge in [0.05, 0.1) is 6.61 Å². The third kappa shape index (κ3) is 1.14. The molecule has 1 aliphatic rings. The van der Waals surface area contributed by atoms with E-state index in [-0.39, 0.29) is 5.41 Å². The SMILES string of the molecule is Cc1ccc(C2(CO)CC2)cc1.